The number of rotatable bonds is 12. The quantitative estimate of drug-likeness (QED) is 0.337. The Balaban J connectivity index is 2.42. The van der Waals surface area contributed by atoms with Crippen LogP contribution < -0.4 is 10.6 Å². The van der Waals surface area contributed by atoms with E-state index in [2.05, 4.69) is 72.8 Å². The standard InChI is InChI=1S/C20H37N5O/c1-6-21-20(22-12-14-25(4)13-7-15-26-5)23-16-18-8-10-19(11-9-18)17-24(2)3/h8-11H,6-7,12-17H2,1-5H3,(H2,21,22,23). The molecule has 0 saturated heterocycles. The Morgan fingerprint density at radius 1 is 1.04 bits per heavy atom. The minimum atomic E-state index is 0.682. The number of aliphatic imine (C=N–C) groups is 1. The van der Waals surface area contributed by atoms with Gasteiger partial charge in [0.05, 0.1) is 6.54 Å². The second-order valence-electron chi connectivity index (χ2n) is 6.83. The highest BCUT2D eigenvalue weighted by Crippen LogP contribution is 2.07. The molecule has 148 valence electrons. The molecule has 1 rings (SSSR count). The summed E-state index contributed by atoms with van der Waals surface area (Å²) in [5, 5.41) is 6.72. The first-order valence-corrected chi connectivity index (χ1v) is 9.47. The maximum Gasteiger partial charge on any atom is 0.191 e. The molecule has 0 fully saturated rings. The number of benzene rings is 1. The molecule has 0 heterocycles. The number of methoxy groups -OCH3 is 1. The van der Waals surface area contributed by atoms with Gasteiger partial charge in [0.1, 0.15) is 0 Å². The lowest BCUT2D eigenvalue weighted by atomic mass is 10.1. The van der Waals surface area contributed by atoms with Crippen LogP contribution in [0.4, 0.5) is 0 Å². The molecule has 26 heavy (non-hydrogen) atoms. The van der Waals surface area contributed by atoms with E-state index in [1.165, 1.54) is 11.1 Å². The zero-order chi connectivity index (χ0) is 19.2. The second kappa shape index (κ2) is 13.6. The van der Waals surface area contributed by atoms with Crippen LogP contribution in [0, 0.1) is 0 Å². The summed E-state index contributed by atoms with van der Waals surface area (Å²) < 4.78 is 5.09. The van der Waals surface area contributed by atoms with Crippen molar-refractivity contribution in [3.05, 3.63) is 35.4 Å². The Morgan fingerprint density at radius 3 is 2.35 bits per heavy atom. The first kappa shape index (κ1) is 22.4. The van der Waals surface area contributed by atoms with Gasteiger partial charge in [-0.15, -0.1) is 0 Å². The van der Waals surface area contributed by atoms with Gasteiger partial charge in [0.25, 0.3) is 0 Å². The Kier molecular flexibility index (Phi) is 11.7. The van der Waals surface area contributed by atoms with E-state index in [9.17, 15) is 0 Å². The van der Waals surface area contributed by atoms with Crippen LogP contribution in [-0.4, -0.2) is 76.8 Å². The lowest BCUT2D eigenvalue weighted by Gasteiger charge is -2.18. The van der Waals surface area contributed by atoms with E-state index < -0.39 is 0 Å². The Bertz CT molecular complexity index is 501. The number of likely N-dealkylation sites (N-methyl/N-ethyl adjacent to an activating group) is 1. The molecule has 6 heteroatoms. The number of hydrogen-bond acceptors (Lipinski definition) is 4. The number of nitrogens with zero attached hydrogens (tertiary/aromatic N) is 3. The zero-order valence-electron chi connectivity index (χ0n) is 17.2. The van der Waals surface area contributed by atoms with Gasteiger partial charge in [0.2, 0.25) is 0 Å². The summed E-state index contributed by atoms with van der Waals surface area (Å²) in [5.74, 6) is 0.871. The first-order valence-electron chi connectivity index (χ1n) is 9.47. The molecule has 2 N–H and O–H groups in total. The van der Waals surface area contributed by atoms with E-state index in [1.54, 1.807) is 7.11 Å². The Hall–Kier alpha value is -1.63. The van der Waals surface area contributed by atoms with Crippen LogP contribution in [0.1, 0.15) is 24.5 Å². The molecule has 1 aromatic carbocycles. The fourth-order valence-electron chi connectivity index (χ4n) is 2.58. The van der Waals surface area contributed by atoms with E-state index in [0.717, 1.165) is 51.7 Å². The summed E-state index contributed by atoms with van der Waals surface area (Å²) in [6.45, 7) is 8.30. The number of nitrogens with one attached hydrogen (secondary N) is 2. The predicted molar refractivity (Wildman–Crippen MR) is 111 cm³/mol. The maximum atomic E-state index is 5.09. The zero-order valence-corrected chi connectivity index (χ0v) is 17.2. The highest BCUT2D eigenvalue weighted by atomic mass is 16.5. The molecule has 0 aliphatic carbocycles. The van der Waals surface area contributed by atoms with Crippen LogP contribution in [0.2, 0.25) is 0 Å². The largest absolute Gasteiger partial charge is 0.385 e. The summed E-state index contributed by atoms with van der Waals surface area (Å²) in [7, 11) is 8.05. The monoisotopic (exact) mass is 363 g/mol. The number of ether oxygens (including phenoxy) is 1. The van der Waals surface area contributed by atoms with Crippen molar-refractivity contribution >= 4 is 5.96 Å². The van der Waals surface area contributed by atoms with E-state index >= 15 is 0 Å². The van der Waals surface area contributed by atoms with Crippen molar-refractivity contribution in [2.45, 2.75) is 26.4 Å². The third-order valence-electron chi connectivity index (χ3n) is 3.96. The van der Waals surface area contributed by atoms with Crippen LogP contribution >= 0.6 is 0 Å². The molecular formula is C20H37N5O. The van der Waals surface area contributed by atoms with Gasteiger partial charge >= 0.3 is 0 Å². The van der Waals surface area contributed by atoms with Crippen LogP contribution in [-0.2, 0) is 17.8 Å². The van der Waals surface area contributed by atoms with E-state index in [-0.39, 0.29) is 0 Å². The maximum absolute atomic E-state index is 5.09. The van der Waals surface area contributed by atoms with Crippen molar-refractivity contribution in [3.63, 3.8) is 0 Å². The molecule has 0 bridgehead atoms. The van der Waals surface area contributed by atoms with Gasteiger partial charge in [-0.25, -0.2) is 4.99 Å². The van der Waals surface area contributed by atoms with Gasteiger partial charge in [-0.1, -0.05) is 24.3 Å². The molecular weight excluding hydrogens is 326 g/mol. The predicted octanol–water partition coefficient (Wildman–Crippen LogP) is 1.77. The molecule has 0 radical (unpaired) electrons. The second-order valence-corrected chi connectivity index (χ2v) is 6.83. The minimum Gasteiger partial charge on any atom is -0.385 e. The minimum absolute atomic E-state index is 0.682. The van der Waals surface area contributed by atoms with E-state index in [0.29, 0.717) is 6.54 Å². The van der Waals surface area contributed by atoms with Crippen LogP contribution in [0.5, 0.6) is 0 Å². The molecule has 0 amide bonds. The topological polar surface area (TPSA) is 52.1 Å². The van der Waals surface area contributed by atoms with E-state index in [4.69, 9.17) is 9.73 Å². The molecule has 6 nitrogen and oxygen atoms in total. The van der Waals surface area contributed by atoms with Gasteiger partial charge in [-0.2, -0.15) is 0 Å². The fraction of sp³-hybridized carbons (Fsp3) is 0.650. The summed E-state index contributed by atoms with van der Waals surface area (Å²) in [6, 6.07) is 8.69. The van der Waals surface area contributed by atoms with E-state index in [1.807, 2.05) is 0 Å². The summed E-state index contributed by atoms with van der Waals surface area (Å²) in [6.07, 6.45) is 1.06. The third-order valence-corrected chi connectivity index (χ3v) is 3.96. The highest BCUT2D eigenvalue weighted by molar-refractivity contribution is 5.79. The molecule has 0 atom stereocenters. The van der Waals surface area contributed by atoms with Gasteiger partial charge < -0.3 is 25.2 Å². The Morgan fingerprint density at radius 2 is 1.73 bits per heavy atom. The molecule has 0 spiro atoms. The fourth-order valence-corrected chi connectivity index (χ4v) is 2.58. The molecule has 0 aliphatic rings. The number of hydrogen-bond donors (Lipinski definition) is 2. The number of guanidine groups is 1. The molecule has 0 aromatic heterocycles. The average Bonchev–Trinajstić information content (AvgIpc) is 2.60. The van der Waals surface area contributed by atoms with Crippen LogP contribution in [0.15, 0.2) is 29.3 Å². The first-order chi connectivity index (χ1) is 12.5. The summed E-state index contributed by atoms with van der Waals surface area (Å²) >= 11 is 0. The molecule has 0 unspecified atom stereocenters. The van der Waals surface area contributed by atoms with Crippen LogP contribution in [0.3, 0.4) is 0 Å². The normalized spacial score (nSPS) is 12.0. The lowest BCUT2D eigenvalue weighted by Crippen LogP contribution is -2.41. The van der Waals surface area contributed by atoms with Gasteiger partial charge in [-0.05, 0) is 45.6 Å². The van der Waals surface area contributed by atoms with Gasteiger partial charge in [0.15, 0.2) is 5.96 Å². The van der Waals surface area contributed by atoms with Crippen molar-refractivity contribution in [2.75, 3.05) is 61.0 Å². The molecule has 0 aliphatic heterocycles. The van der Waals surface area contributed by atoms with Crippen molar-refractivity contribution in [1.82, 2.24) is 20.4 Å². The molecule has 1 aromatic rings. The average molecular weight is 364 g/mol. The molecule has 0 saturated carbocycles. The van der Waals surface area contributed by atoms with Gasteiger partial charge in [-0.3, -0.25) is 0 Å². The highest BCUT2D eigenvalue weighted by Gasteiger charge is 2.01. The lowest BCUT2D eigenvalue weighted by molar-refractivity contribution is 0.180. The summed E-state index contributed by atoms with van der Waals surface area (Å²) in [5.41, 5.74) is 2.55. The summed E-state index contributed by atoms with van der Waals surface area (Å²) in [4.78, 5) is 9.17. The van der Waals surface area contributed by atoms with Crippen molar-refractivity contribution in [2.24, 2.45) is 4.99 Å². The van der Waals surface area contributed by atoms with Crippen molar-refractivity contribution < 1.29 is 4.74 Å². The Labute approximate surface area is 159 Å². The third kappa shape index (κ3) is 10.4. The van der Waals surface area contributed by atoms with Gasteiger partial charge in [0, 0.05) is 46.4 Å². The smallest absolute Gasteiger partial charge is 0.191 e. The van der Waals surface area contributed by atoms with Crippen LogP contribution in [0.25, 0.3) is 0 Å². The van der Waals surface area contributed by atoms with Crippen molar-refractivity contribution in [3.8, 4) is 0 Å². The van der Waals surface area contributed by atoms with Crippen molar-refractivity contribution in [1.29, 1.82) is 0 Å². The SMILES string of the molecule is CCNC(=NCc1ccc(CN(C)C)cc1)NCCN(C)CCCOC.